The number of rotatable bonds is 3. The number of carbonyl (C=O) groups excluding carboxylic acids is 3. The Bertz CT molecular complexity index is 769. The number of hydrogen-bond acceptors (Lipinski definition) is 4. The van der Waals surface area contributed by atoms with Gasteiger partial charge in [-0.05, 0) is 70.2 Å². The van der Waals surface area contributed by atoms with Gasteiger partial charge in [-0.1, -0.05) is 0 Å². The number of alkyl carbamates (subject to hydrolysis) is 1. The number of aryl methyl sites for hydroxylation is 1. The van der Waals surface area contributed by atoms with Gasteiger partial charge in [0.05, 0.1) is 0 Å². The average molecular weight is 387 g/mol. The van der Waals surface area contributed by atoms with Crippen molar-refractivity contribution < 1.29 is 19.1 Å². The number of nitrogens with one attached hydrogen (secondary N) is 2. The molecule has 28 heavy (non-hydrogen) atoms. The lowest BCUT2D eigenvalue weighted by Crippen LogP contribution is -2.50. The first-order valence-corrected chi connectivity index (χ1v) is 9.93. The van der Waals surface area contributed by atoms with Crippen LogP contribution in [0.3, 0.4) is 0 Å². The molecule has 1 aromatic rings. The fourth-order valence-corrected chi connectivity index (χ4v) is 3.68. The Balaban J connectivity index is 1.67. The van der Waals surface area contributed by atoms with Crippen molar-refractivity contribution in [3.05, 3.63) is 29.3 Å². The summed E-state index contributed by atoms with van der Waals surface area (Å²) in [6, 6.07) is 5.39. The van der Waals surface area contributed by atoms with E-state index in [4.69, 9.17) is 4.74 Å². The molecule has 1 saturated heterocycles. The molecule has 0 bridgehead atoms. The minimum Gasteiger partial charge on any atom is -0.444 e. The van der Waals surface area contributed by atoms with Gasteiger partial charge in [-0.3, -0.25) is 9.59 Å². The van der Waals surface area contributed by atoms with Crippen molar-refractivity contribution in [2.24, 2.45) is 0 Å². The van der Waals surface area contributed by atoms with Crippen LogP contribution in [-0.4, -0.2) is 47.5 Å². The van der Waals surface area contributed by atoms with E-state index in [1.165, 1.54) is 0 Å². The van der Waals surface area contributed by atoms with E-state index in [0.29, 0.717) is 31.5 Å². The fourth-order valence-electron chi connectivity index (χ4n) is 3.68. The van der Waals surface area contributed by atoms with Crippen molar-refractivity contribution in [3.8, 4) is 0 Å². The van der Waals surface area contributed by atoms with Crippen LogP contribution in [0.25, 0.3) is 0 Å². The summed E-state index contributed by atoms with van der Waals surface area (Å²) in [5, 5.41) is 5.64. The summed E-state index contributed by atoms with van der Waals surface area (Å²) < 4.78 is 5.29. The highest BCUT2D eigenvalue weighted by Gasteiger charge is 2.29. The van der Waals surface area contributed by atoms with E-state index < -0.39 is 11.7 Å². The van der Waals surface area contributed by atoms with Crippen LogP contribution >= 0.6 is 0 Å². The second-order valence-corrected chi connectivity index (χ2v) is 8.45. The van der Waals surface area contributed by atoms with E-state index in [2.05, 4.69) is 10.6 Å². The largest absolute Gasteiger partial charge is 0.444 e. The molecule has 0 spiro atoms. The summed E-state index contributed by atoms with van der Waals surface area (Å²) in [6.45, 7) is 6.51. The fraction of sp³-hybridized carbons (Fsp3) is 0.571. The summed E-state index contributed by atoms with van der Waals surface area (Å²) in [5.41, 5.74) is 1.85. The lowest BCUT2D eigenvalue weighted by atomic mass is 9.97. The molecule has 2 aliphatic rings. The summed E-state index contributed by atoms with van der Waals surface area (Å²) in [6.07, 6.45) is 3.46. The molecule has 0 aliphatic carbocycles. The zero-order valence-electron chi connectivity index (χ0n) is 16.8. The summed E-state index contributed by atoms with van der Waals surface area (Å²) in [5.74, 6) is -0.0220. The Hall–Kier alpha value is -2.57. The van der Waals surface area contributed by atoms with Crippen LogP contribution in [-0.2, 0) is 16.0 Å². The Morgan fingerprint density at radius 1 is 1.25 bits per heavy atom. The molecule has 7 heteroatoms. The van der Waals surface area contributed by atoms with Gasteiger partial charge in [-0.25, -0.2) is 4.79 Å². The Morgan fingerprint density at radius 2 is 2.04 bits per heavy atom. The maximum absolute atomic E-state index is 13.1. The van der Waals surface area contributed by atoms with E-state index in [1.54, 1.807) is 12.1 Å². The number of amides is 3. The Labute approximate surface area is 165 Å². The molecule has 2 aliphatic heterocycles. The van der Waals surface area contributed by atoms with Crippen molar-refractivity contribution >= 4 is 23.6 Å². The number of ether oxygens (including phenoxy) is 1. The monoisotopic (exact) mass is 387 g/mol. The molecule has 2 N–H and O–H groups in total. The number of fused-ring (bicyclic) bond motifs is 1. The number of nitrogens with zero attached hydrogens (tertiary/aromatic N) is 1. The molecule has 0 radical (unpaired) electrons. The van der Waals surface area contributed by atoms with E-state index in [0.717, 1.165) is 30.5 Å². The molecule has 0 saturated carbocycles. The third-order valence-corrected chi connectivity index (χ3v) is 5.02. The van der Waals surface area contributed by atoms with Gasteiger partial charge in [-0.2, -0.15) is 0 Å². The molecule has 3 rings (SSSR count). The Morgan fingerprint density at radius 3 is 2.79 bits per heavy atom. The molecule has 1 unspecified atom stereocenters. The second-order valence-electron chi connectivity index (χ2n) is 8.45. The van der Waals surface area contributed by atoms with E-state index in [1.807, 2.05) is 31.7 Å². The Kier molecular flexibility index (Phi) is 5.91. The number of piperidine rings is 1. The number of anilines is 1. The third-order valence-electron chi connectivity index (χ3n) is 5.02. The van der Waals surface area contributed by atoms with Gasteiger partial charge in [0, 0.05) is 36.8 Å². The lowest BCUT2D eigenvalue weighted by molar-refractivity contribution is -0.116. The highest BCUT2D eigenvalue weighted by atomic mass is 16.6. The summed E-state index contributed by atoms with van der Waals surface area (Å²) >= 11 is 0. The van der Waals surface area contributed by atoms with E-state index in [-0.39, 0.29) is 17.9 Å². The summed E-state index contributed by atoms with van der Waals surface area (Å²) in [7, 11) is 0. The van der Waals surface area contributed by atoms with Crippen molar-refractivity contribution in [3.63, 3.8) is 0 Å². The first kappa shape index (κ1) is 20.2. The molecule has 7 nitrogen and oxygen atoms in total. The van der Waals surface area contributed by atoms with Gasteiger partial charge >= 0.3 is 6.09 Å². The first-order chi connectivity index (χ1) is 13.2. The van der Waals surface area contributed by atoms with Gasteiger partial charge in [0.25, 0.3) is 5.91 Å². The van der Waals surface area contributed by atoms with Crippen LogP contribution in [0.4, 0.5) is 10.5 Å². The third kappa shape index (κ3) is 5.03. The maximum atomic E-state index is 13.1. The number of likely N-dealkylation sites (tertiary alicyclic amines) is 1. The zero-order chi connectivity index (χ0) is 20.3. The van der Waals surface area contributed by atoms with E-state index >= 15 is 0 Å². The minimum absolute atomic E-state index is 0.0101. The quantitative estimate of drug-likeness (QED) is 0.834. The number of hydrogen-bond donors (Lipinski definition) is 2. The van der Waals surface area contributed by atoms with Crippen LogP contribution < -0.4 is 10.6 Å². The second kappa shape index (κ2) is 8.20. The van der Waals surface area contributed by atoms with Crippen molar-refractivity contribution in [2.45, 2.75) is 64.5 Å². The molecule has 1 fully saturated rings. The van der Waals surface area contributed by atoms with E-state index in [9.17, 15) is 14.4 Å². The normalized spacial score (nSPS) is 19.5. The van der Waals surface area contributed by atoms with Crippen LogP contribution in [0.2, 0.25) is 0 Å². The SMILES string of the molecule is CC(C)(C)OC(=O)NCC1CCCCN1C(=O)c1ccc2c(c1)CCC(=O)N2. The van der Waals surface area contributed by atoms with Gasteiger partial charge in [0.15, 0.2) is 0 Å². The average Bonchev–Trinajstić information content (AvgIpc) is 2.64. The smallest absolute Gasteiger partial charge is 0.407 e. The highest BCUT2D eigenvalue weighted by molar-refractivity contribution is 5.98. The van der Waals surface area contributed by atoms with Crippen LogP contribution in [0, 0.1) is 0 Å². The van der Waals surface area contributed by atoms with Crippen LogP contribution in [0.1, 0.15) is 62.4 Å². The van der Waals surface area contributed by atoms with Gasteiger partial charge in [-0.15, -0.1) is 0 Å². The molecule has 0 aromatic heterocycles. The first-order valence-electron chi connectivity index (χ1n) is 9.93. The predicted molar refractivity (Wildman–Crippen MR) is 106 cm³/mol. The molecule has 1 atom stereocenters. The van der Waals surface area contributed by atoms with Gasteiger partial charge < -0.3 is 20.3 Å². The molecular formula is C21H29N3O4. The molecule has 2 heterocycles. The lowest BCUT2D eigenvalue weighted by Gasteiger charge is -2.36. The topological polar surface area (TPSA) is 87.7 Å². The molecule has 1 aromatic carbocycles. The highest BCUT2D eigenvalue weighted by Crippen LogP contribution is 2.26. The maximum Gasteiger partial charge on any atom is 0.407 e. The van der Waals surface area contributed by atoms with Gasteiger partial charge in [0.2, 0.25) is 5.91 Å². The van der Waals surface area contributed by atoms with Crippen molar-refractivity contribution in [2.75, 3.05) is 18.4 Å². The molecule has 152 valence electrons. The standard InChI is InChI=1S/C21H29N3O4/c1-21(2,3)28-20(27)22-13-16-6-4-5-11-24(16)19(26)15-7-9-17-14(12-15)8-10-18(25)23-17/h7,9,12,16H,4-6,8,10-11,13H2,1-3H3,(H,22,27)(H,23,25). The van der Waals surface area contributed by atoms with Crippen LogP contribution in [0.5, 0.6) is 0 Å². The predicted octanol–water partition coefficient (Wildman–Crippen LogP) is 3.09. The summed E-state index contributed by atoms with van der Waals surface area (Å²) in [4.78, 5) is 38.5. The van der Waals surface area contributed by atoms with Gasteiger partial charge in [0.1, 0.15) is 5.60 Å². The minimum atomic E-state index is -0.551. The van der Waals surface area contributed by atoms with Crippen molar-refractivity contribution in [1.82, 2.24) is 10.2 Å². The zero-order valence-corrected chi connectivity index (χ0v) is 16.8. The van der Waals surface area contributed by atoms with Crippen molar-refractivity contribution in [1.29, 1.82) is 0 Å². The molecule has 3 amide bonds. The molecular weight excluding hydrogens is 358 g/mol. The van der Waals surface area contributed by atoms with Crippen LogP contribution in [0.15, 0.2) is 18.2 Å². The number of benzene rings is 1. The number of carbonyl (C=O) groups is 3.